The molecule has 0 radical (unpaired) electrons. The lowest BCUT2D eigenvalue weighted by molar-refractivity contribution is -0.141. The van der Waals surface area contributed by atoms with E-state index in [-0.39, 0.29) is 11.6 Å². The minimum Gasteiger partial charge on any atom is -0.367 e. The summed E-state index contributed by atoms with van der Waals surface area (Å²) >= 11 is 16.8. The van der Waals surface area contributed by atoms with Gasteiger partial charge >= 0.3 is 0 Å². The number of rotatable bonds is 1. The minimum atomic E-state index is -1.90. The van der Waals surface area contributed by atoms with Crippen molar-refractivity contribution in [3.8, 4) is 0 Å². The lowest BCUT2D eigenvalue weighted by Gasteiger charge is -2.61. The van der Waals surface area contributed by atoms with Gasteiger partial charge in [0.2, 0.25) is 0 Å². The van der Waals surface area contributed by atoms with Crippen molar-refractivity contribution < 1.29 is 9.53 Å². The van der Waals surface area contributed by atoms with E-state index in [1.807, 2.05) is 0 Å². The molecule has 1 heterocycles. The zero-order valence-electron chi connectivity index (χ0n) is 10.3. The predicted octanol–water partition coefficient (Wildman–Crippen LogP) is 2.68. The number of amides is 1. The molecule has 3 aliphatic carbocycles. The fourth-order valence-corrected chi connectivity index (χ4v) is 4.04. The van der Waals surface area contributed by atoms with Gasteiger partial charge in [-0.2, -0.15) is 0 Å². The highest BCUT2D eigenvalue weighted by Gasteiger charge is 2.71. The molecule has 4 fully saturated rings. The minimum absolute atomic E-state index is 0.0163. The van der Waals surface area contributed by atoms with Gasteiger partial charge in [0.15, 0.2) is 0 Å². The molecule has 1 amide bonds. The maximum absolute atomic E-state index is 11.8. The fraction of sp³-hybridized carbons (Fsp3) is 0.917. The van der Waals surface area contributed by atoms with Crippen molar-refractivity contribution in [3.05, 3.63) is 0 Å². The molecule has 1 N–H and O–H groups in total. The van der Waals surface area contributed by atoms with E-state index in [1.165, 1.54) is 6.42 Å². The number of halogens is 3. The van der Waals surface area contributed by atoms with Gasteiger partial charge in [0.1, 0.15) is 5.60 Å². The summed E-state index contributed by atoms with van der Waals surface area (Å²) in [5.74, 6) is 0.578. The molecular weight excluding hydrogens is 296 g/mol. The van der Waals surface area contributed by atoms with Crippen LogP contribution in [0.1, 0.15) is 26.7 Å². The highest BCUT2D eigenvalue weighted by atomic mass is 35.6. The summed E-state index contributed by atoms with van der Waals surface area (Å²) in [6.45, 7) is 5.27. The Morgan fingerprint density at radius 2 is 1.94 bits per heavy atom. The van der Waals surface area contributed by atoms with E-state index in [0.717, 1.165) is 6.42 Å². The third-order valence-electron chi connectivity index (χ3n) is 5.21. The summed E-state index contributed by atoms with van der Waals surface area (Å²) in [5.41, 5.74) is 0.0987. The lowest BCUT2D eigenvalue weighted by atomic mass is 9.44. The fourth-order valence-electron chi connectivity index (χ4n) is 3.88. The average molecular weight is 313 g/mol. The van der Waals surface area contributed by atoms with E-state index in [2.05, 4.69) is 19.2 Å². The maximum Gasteiger partial charge on any atom is 0.272 e. The third kappa shape index (κ3) is 1.71. The number of fused-ring (bicyclic) bond motifs is 1. The van der Waals surface area contributed by atoms with Crippen LogP contribution in [0.25, 0.3) is 0 Å². The van der Waals surface area contributed by atoms with Crippen LogP contribution >= 0.6 is 34.8 Å². The van der Waals surface area contributed by atoms with Crippen molar-refractivity contribution in [2.45, 2.75) is 42.1 Å². The molecule has 18 heavy (non-hydrogen) atoms. The molecule has 0 aromatic heterocycles. The van der Waals surface area contributed by atoms with Crippen LogP contribution in [0.3, 0.4) is 0 Å². The number of ether oxygens (including phenoxy) is 1. The second-order valence-electron chi connectivity index (χ2n) is 6.31. The molecular formula is C12H16Cl3NO2. The number of nitrogens with one attached hydrogen (secondary N) is 1. The Balaban J connectivity index is 1.75. The van der Waals surface area contributed by atoms with Crippen LogP contribution in [0.2, 0.25) is 0 Å². The van der Waals surface area contributed by atoms with E-state index < -0.39 is 9.70 Å². The molecule has 102 valence electrons. The van der Waals surface area contributed by atoms with E-state index >= 15 is 0 Å². The zero-order valence-corrected chi connectivity index (χ0v) is 12.6. The van der Waals surface area contributed by atoms with E-state index in [4.69, 9.17) is 39.5 Å². The number of hydrogen-bond donors (Lipinski definition) is 1. The van der Waals surface area contributed by atoms with Crippen LogP contribution in [0.15, 0.2) is 0 Å². The molecule has 1 spiro atoms. The molecule has 3 nitrogen and oxygen atoms in total. The molecule has 4 atom stereocenters. The largest absolute Gasteiger partial charge is 0.367 e. The topological polar surface area (TPSA) is 41.6 Å². The molecule has 0 aromatic rings. The highest BCUT2D eigenvalue weighted by Crippen LogP contribution is 2.67. The first-order chi connectivity index (χ1) is 8.18. The maximum atomic E-state index is 11.8. The summed E-state index contributed by atoms with van der Waals surface area (Å²) in [6, 6.07) is -0.0163. The summed E-state index contributed by atoms with van der Waals surface area (Å²) in [5, 5.41) is 2.85. The molecule has 3 saturated carbocycles. The van der Waals surface area contributed by atoms with Gasteiger partial charge in [-0.25, -0.2) is 0 Å². The van der Waals surface area contributed by atoms with Gasteiger partial charge in [-0.05, 0) is 30.1 Å². The Morgan fingerprint density at radius 3 is 2.39 bits per heavy atom. The lowest BCUT2D eigenvalue weighted by Crippen LogP contribution is -2.67. The quantitative estimate of drug-likeness (QED) is 0.597. The van der Waals surface area contributed by atoms with Crippen molar-refractivity contribution >= 4 is 40.7 Å². The Morgan fingerprint density at radius 1 is 1.33 bits per heavy atom. The van der Waals surface area contributed by atoms with Crippen LogP contribution < -0.4 is 5.32 Å². The first kappa shape index (κ1) is 13.3. The highest BCUT2D eigenvalue weighted by molar-refractivity contribution is 6.76. The first-order valence-corrected chi connectivity index (χ1v) is 7.33. The standard InChI is InChI=1S/C12H16Cl3NO2/c1-10(2)6-3-7(10)11(5-18-11)8(4-6)16-9(17)12(13,14)15/h6-8H,3-5H2,1-2H3,(H,16,17)/t6-,7-,8+,11-/m1/s1. The van der Waals surface area contributed by atoms with E-state index in [1.54, 1.807) is 0 Å². The van der Waals surface area contributed by atoms with Crippen LogP contribution in [-0.4, -0.2) is 27.9 Å². The first-order valence-electron chi connectivity index (χ1n) is 6.19. The zero-order chi connectivity index (χ0) is 13.3. The summed E-state index contributed by atoms with van der Waals surface area (Å²) in [6.07, 6.45) is 2.10. The number of alkyl halides is 3. The second kappa shape index (κ2) is 3.69. The van der Waals surface area contributed by atoms with Gasteiger partial charge in [-0.1, -0.05) is 48.7 Å². The SMILES string of the molecule is CC1(C)[C@H]2C[C@H](NC(=O)C(Cl)(Cl)Cl)[C@@]3(CO3)[C@@H]1C2. The smallest absolute Gasteiger partial charge is 0.272 e. The van der Waals surface area contributed by atoms with Crippen LogP contribution in [-0.2, 0) is 9.53 Å². The predicted molar refractivity (Wildman–Crippen MR) is 70.9 cm³/mol. The number of epoxide rings is 1. The average Bonchev–Trinajstić information content (AvgIpc) is 3.00. The van der Waals surface area contributed by atoms with Crippen molar-refractivity contribution in [1.29, 1.82) is 0 Å². The van der Waals surface area contributed by atoms with Crippen LogP contribution in [0, 0.1) is 17.3 Å². The molecule has 4 aliphatic rings. The van der Waals surface area contributed by atoms with Crippen molar-refractivity contribution in [3.63, 3.8) is 0 Å². The van der Waals surface area contributed by atoms with Gasteiger partial charge < -0.3 is 10.1 Å². The van der Waals surface area contributed by atoms with E-state index in [9.17, 15) is 4.79 Å². The molecule has 0 unspecified atom stereocenters. The molecule has 1 saturated heterocycles. The Bertz CT molecular complexity index is 401. The summed E-state index contributed by atoms with van der Waals surface area (Å²) < 4.78 is 3.81. The normalized spacial score (nSPS) is 44.4. The van der Waals surface area contributed by atoms with Crippen LogP contribution in [0.4, 0.5) is 0 Å². The molecule has 0 aromatic carbocycles. The second-order valence-corrected chi connectivity index (χ2v) is 8.59. The van der Waals surface area contributed by atoms with Gasteiger partial charge in [0, 0.05) is 0 Å². The Labute approximate surface area is 121 Å². The van der Waals surface area contributed by atoms with Gasteiger partial charge in [0.25, 0.3) is 9.70 Å². The van der Waals surface area contributed by atoms with Crippen molar-refractivity contribution in [2.24, 2.45) is 17.3 Å². The monoisotopic (exact) mass is 311 g/mol. The molecule has 2 bridgehead atoms. The van der Waals surface area contributed by atoms with Crippen molar-refractivity contribution in [2.75, 3.05) is 6.61 Å². The summed E-state index contributed by atoms with van der Waals surface area (Å²) in [7, 11) is 0. The molecule has 4 rings (SSSR count). The summed E-state index contributed by atoms with van der Waals surface area (Å²) in [4.78, 5) is 11.8. The number of hydrogen-bond acceptors (Lipinski definition) is 2. The van der Waals surface area contributed by atoms with Gasteiger partial charge in [-0.15, -0.1) is 0 Å². The number of carbonyl (C=O) groups is 1. The molecule has 6 heteroatoms. The van der Waals surface area contributed by atoms with Gasteiger partial charge in [-0.3, -0.25) is 4.79 Å². The van der Waals surface area contributed by atoms with Crippen LogP contribution in [0.5, 0.6) is 0 Å². The van der Waals surface area contributed by atoms with Crippen molar-refractivity contribution in [1.82, 2.24) is 5.32 Å². The molecule has 1 aliphatic heterocycles. The van der Waals surface area contributed by atoms with E-state index in [0.29, 0.717) is 23.9 Å². The van der Waals surface area contributed by atoms with Gasteiger partial charge in [0.05, 0.1) is 12.6 Å². The Hall–Kier alpha value is 0.300. The Kier molecular flexibility index (Phi) is 2.72. The number of carbonyl (C=O) groups excluding carboxylic acids is 1. The third-order valence-corrected chi connectivity index (χ3v) is 5.73.